The number of carboxylic acids is 1. The summed E-state index contributed by atoms with van der Waals surface area (Å²) in [6.07, 6.45) is 3.82. The zero-order valence-corrected chi connectivity index (χ0v) is 18.2. The van der Waals surface area contributed by atoms with Crippen molar-refractivity contribution in [2.45, 2.75) is 72.8 Å². The van der Waals surface area contributed by atoms with Gasteiger partial charge in [-0.05, 0) is 18.8 Å². The van der Waals surface area contributed by atoms with Gasteiger partial charge in [0.25, 0.3) is 0 Å². The molecule has 1 N–H and O–H groups in total. The SMILES string of the molecule is CC(=O)/C(=C/C(C)C)SC(C)C.CC(C)/C=C(\SC(C)C)C(=O)O. The lowest BCUT2D eigenvalue weighted by molar-refractivity contribution is -0.131. The molecule has 0 aliphatic rings. The number of allylic oxidation sites excluding steroid dienone is 3. The van der Waals surface area contributed by atoms with E-state index < -0.39 is 5.97 Å². The van der Waals surface area contributed by atoms with Crippen molar-refractivity contribution >= 4 is 35.3 Å². The summed E-state index contributed by atoms with van der Waals surface area (Å²) >= 11 is 3.05. The van der Waals surface area contributed by atoms with Crippen LogP contribution < -0.4 is 0 Å². The molecule has 0 saturated heterocycles. The number of aliphatic carboxylic acids is 1. The van der Waals surface area contributed by atoms with Crippen LogP contribution in [0, 0.1) is 11.8 Å². The highest BCUT2D eigenvalue weighted by molar-refractivity contribution is 8.04. The molecule has 140 valence electrons. The summed E-state index contributed by atoms with van der Waals surface area (Å²) in [7, 11) is 0. The number of carbonyl (C=O) groups excluding carboxylic acids is 1. The van der Waals surface area contributed by atoms with Gasteiger partial charge in [-0.15, -0.1) is 23.5 Å². The first kappa shape index (κ1) is 25.6. The molecule has 0 atom stereocenters. The fourth-order valence-electron chi connectivity index (χ4n) is 1.51. The van der Waals surface area contributed by atoms with Crippen LogP contribution in [0.1, 0.15) is 62.3 Å². The Morgan fingerprint density at radius 3 is 1.33 bits per heavy atom. The third kappa shape index (κ3) is 16.2. The van der Waals surface area contributed by atoms with Gasteiger partial charge in [0.2, 0.25) is 0 Å². The summed E-state index contributed by atoms with van der Waals surface area (Å²) in [4.78, 5) is 23.2. The van der Waals surface area contributed by atoms with Gasteiger partial charge in [-0.1, -0.05) is 67.5 Å². The summed E-state index contributed by atoms with van der Waals surface area (Å²) in [6.45, 7) is 17.9. The fourth-order valence-corrected chi connectivity index (χ4v) is 3.50. The monoisotopic (exact) mass is 374 g/mol. The van der Waals surface area contributed by atoms with Crippen LogP contribution in [0.2, 0.25) is 0 Å². The van der Waals surface area contributed by atoms with E-state index in [1.807, 2.05) is 33.8 Å². The molecular weight excluding hydrogens is 340 g/mol. The molecule has 0 spiro atoms. The van der Waals surface area contributed by atoms with Gasteiger partial charge >= 0.3 is 5.97 Å². The van der Waals surface area contributed by atoms with Crippen LogP contribution in [0.15, 0.2) is 22.0 Å². The molecule has 5 heteroatoms. The molecule has 0 unspecified atom stereocenters. The number of ketones is 1. The van der Waals surface area contributed by atoms with E-state index in [1.165, 1.54) is 11.8 Å². The van der Waals surface area contributed by atoms with Gasteiger partial charge in [-0.3, -0.25) is 4.79 Å². The van der Waals surface area contributed by atoms with Gasteiger partial charge in [0.15, 0.2) is 5.78 Å². The van der Waals surface area contributed by atoms with Gasteiger partial charge in [0, 0.05) is 15.4 Å². The summed E-state index contributed by atoms with van der Waals surface area (Å²) in [5.41, 5.74) is 0. The highest BCUT2D eigenvalue weighted by Crippen LogP contribution is 2.23. The van der Waals surface area contributed by atoms with E-state index in [9.17, 15) is 9.59 Å². The normalized spacial score (nSPS) is 12.7. The molecular formula is C19H34O3S2. The second kappa shape index (κ2) is 13.6. The zero-order valence-electron chi connectivity index (χ0n) is 16.5. The van der Waals surface area contributed by atoms with E-state index in [1.54, 1.807) is 24.8 Å². The van der Waals surface area contributed by atoms with Crippen LogP contribution in [0.3, 0.4) is 0 Å². The predicted octanol–water partition coefficient (Wildman–Crippen LogP) is 6.01. The minimum absolute atomic E-state index is 0.183. The Hall–Kier alpha value is -0.680. The van der Waals surface area contributed by atoms with Crippen molar-refractivity contribution in [1.82, 2.24) is 0 Å². The highest BCUT2D eigenvalue weighted by Gasteiger charge is 2.10. The van der Waals surface area contributed by atoms with Crippen LogP contribution in [0.25, 0.3) is 0 Å². The molecule has 0 fully saturated rings. The number of Topliss-reactive ketones (excluding diaryl/α,β-unsaturated/α-hetero) is 1. The summed E-state index contributed by atoms with van der Waals surface area (Å²) < 4.78 is 0. The van der Waals surface area contributed by atoms with Gasteiger partial charge in [-0.2, -0.15) is 0 Å². The predicted molar refractivity (Wildman–Crippen MR) is 110 cm³/mol. The van der Waals surface area contributed by atoms with Crippen molar-refractivity contribution in [3.8, 4) is 0 Å². The lowest BCUT2D eigenvalue weighted by atomic mass is 10.2. The molecule has 0 bridgehead atoms. The largest absolute Gasteiger partial charge is 0.477 e. The number of carboxylic acid groups (broad SMARTS) is 1. The van der Waals surface area contributed by atoms with Crippen LogP contribution in [0.4, 0.5) is 0 Å². The van der Waals surface area contributed by atoms with Crippen molar-refractivity contribution in [2.75, 3.05) is 0 Å². The standard InChI is InChI=1S/C10H18OS.C9H16O2S/c1-7(2)6-10(9(5)11)12-8(3)4;1-6(2)5-8(9(10)11)12-7(3)4/h6-8H,1-5H3;5-7H,1-4H3,(H,10,11)/b10-6-;8-5-. The maximum Gasteiger partial charge on any atom is 0.341 e. The third-order valence-electron chi connectivity index (χ3n) is 2.25. The van der Waals surface area contributed by atoms with Gasteiger partial charge in [0.05, 0.1) is 4.91 Å². The maximum absolute atomic E-state index is 11.1. The smallest absolute Gasteiger partial charge is 0.341 e. The van der Waals surface area contributed by atoms with Crippen molar-refractivity contribution in [2.24, 2.45) is 11.8 Å². The van der Waals surface area contributed by atoms with Gasteiger partial charge in [0.1, 0.15) is 0 Å². The van der Waals surface area contributed by atoms with E-state index in [0.717, 1.165) is 4.91 Å². The molecule has 0 aliphatic heterocycles. The van der Waals surface area contributed by atoms with E-state index >= 15 is 0 Å². The number of carbonyl (C=O) groups is 2. The average Bonchev–Trinajstić information content (AvgIpc) is 2.35. The second-order valence-corrected chi connectivity index (χ2v) is 9.98. The Balaban J connectivity index is 0. The first-order valence-corrected chi connectivity index (χ1v) is 10.1. The fraction of sp³-hybridized carbons (Fsp3) is 0.684. The molecule has 0 heterocycles. The van der Waals surface area contributed by atoms with E-state index in [4.69, 9.17) is 5.11 Å². The van der Waals surface area contributed by atoms with Crippen molar-refractivity contribution in [3.05, 3.63) is 22.0 Å². The molecule has 24 heavy (non-hydrogen) atoms. The number of hydrogen-bond donors (Lipinski definition) is 1. The lowest BCUT2D eigenvalue weighted by Crippen LogP contribution is -2.02. The molecule has 0 amide bonds. The molecule has 0 rings (SSSR count). The Labute approximate surface area is 156 Å². The van der Waals surface area contributed by atoms with Gasteiger partial charge in [-0.25, -0.2) is 4.79 Å². The molecule has 3 nitrogen and oxygen atoms in total. The van der Waals surface area contributed by atoms with Crippen molar-refractivity contribution < 1.29 is 14.7 Å². The number of thioether (sulfide) groups is 2. The molecule has 0 radical (unpaired) electrons. The number of rotatable bonds is 8. The summed E-state index contributed by atoms with van der Waals surface area (Å²) in [5, 5.41) is 9.59. The minimum Gasteiger partial charge on any atom is -0.477 e. The third-order valence-corrected chi connectivity index (χ3v) is 4.44. The average molecular weight is 375 g/mol. The Morgan fingerprint density at radius 2 is 1.08 bits per heavy atom. The Morgan fingerprint density at radius 1 is 0.750 bits per heavy atom. The van der Waals surface area contributed by atoms with E-state index in [0.29, 0.717) is 27.2 Å². The summed E-state index contributed by atoms with van der Waals surface area (Å²) in [6, 6.07) is 0. The highest BCUT2D eigenvalue weighted by atomic mass is 32.2. The first-order chi connectivity index (χ1) is 10.9. The Kier molecular flexibility index (Phi) is 14.5. The van der Waals surface area contributed by atoms with Crippen LogP contribution in [-0.4, -0.2) is 27.4 Å². The van der Waals surface area contributed by atoms with Crippen LogP contribution >= 0.6 is 23.5 Å². The van der Waals surface area contributed by atoms with Crippen molar-refractivity contribution in [1.29, 1.82) is 0 Å². The molecule has 0 aromatic heterocycles. The first-order valence-electron chi connectivity index (χ1n) is 8.37. The van der Waals surface area contributed by atoms with E-state index in [-0.39, 0.29) is 5.78 Å². The molecule has 0 aliphatic carbocycles. The molecule has 0 saturated carbocycles. The molecule has 0 aromatic rings. The minimum atomic E-state index is -0.817. The van der Waals surface area contributed by atoms with Crippen molar-refractivity contribution in [3.63, 3.8) is 0 Å². The second-order valence-electron chi connectivity index (χ2n) is 6.74. The quantitative estimate of drug-likeness (QED) is 0.527. The summed E-state index contributed by atoms with van der Waals surface area (Å²) in [5.74, 6) is 0.113. The molecule has 0 aromatic carbocycles. The van der Waals surface area contributed by atoms with Crippen LogP contribution in [-0.2, 0) is 9.59 Å². The lowest BCUT2D eigenvalue weighted by Gasteiger charge is -2.07. The number of hydrogen-bond acceptors (Lipinski definition) is 4. The maximum atomic E-state index is 11.1. The van der Waals surface area contributed by atoms with Crippen LogP contribution in [0.5, 0.6) is 0 Å². The topological polar surface area (TPSA) is 54.4 Å². The Bertz CT molecular complexity index is 406. The zero-order chi connectivity index (χ0) is 19.4. The van der Waals surface area contributed by atoms with Gasteiger partial charge < -0.3 is 5.11 Å². The van der Waals surface area contributed by atoms with E-state index in [2.05, 4.69) is 27.7 Å².